The van der Waals surface area contributed by atoms with Gasteiger partial charge in [-0.2, -0.15) is 0 Å². The second-order valence-electron chi connectivity index (χ2n) is 4.14. The van der Waals surface area contributed by atoms with Gasteiger partial charge in [-0.3, -0.25) is 14.4 Å². The van der Waals surface area contributed by atoms with Gasteiger partial charge in [0, 0.05) is 20.8 Å². The third-order valence-corrected chi connectivity index (χ3v) is 2.24. The molecular weight excluding hydrogens is 304 g/mol. The number of esters is 3. The van der Waals surface area contributed by atoms with Crippen LogP contribution in [0.1, 0.15) is 20.8 Å². The number of carboxylic acids is 1. The largest absolute Gasteiger partial charge is 0.478 e. The highest BCUT2D eigenvalue weighted by Gasteiger charge is 2.44. The first-order chi connectivity index (χ1) is 10.1. The van der Waals surface area contributed by atoms with Gasteiger partial charge in [-0.05, 0) is 0 Å². The molecule has 0 saturated heterocycles. The highest BCUT2D eigenvalue weighted by molar-refractivity contribution is 5.79. The molecule has 0 rings (SSSR count). The number of ether oxygens (including phenoxy) is 3. The molecule has 0 heterocycles. The summed E-state index contributed by atoms with van der Waals surface area (Å²) in [5, 5.41) is 18.6. The minimum Gasteiger partial charge on any atom is -0.478 e. The van der Waals surface area contributed by atoms with E-state index in [1.165, 1.54) is 0 Å². The second-order valence-corrected chi connectivity index (χ2v) is 4.14. The number of carboxylic acid groups (broad SMARTS) is 1. The summed E-state index contributed by atoms with van der Waals surface area (Å²) in [4.78, 5) is 55.0. The van der Waals surface area contributed by atoms with Crippen molar-refractivity contribution in [2.75, 3.05) is 0 Å². The lowest BCUT2D eigenvalue weighted by Crippen LogP contribution is -2.53. The fourth-order valence-electron chi connectivity index (χ4n) is 1.53. The summed E-state index contributed by atoms with van der Waals surface area (Å²) in [5.74, 6) is -4.72. The Labute approximate surface area is 124 Å². The summed E-state index contributed by atoms with van der Waals surface area (Å²) in [6.07, 6.45) is -7.90. The van der Waals surface area contributed by atoms with Crippen LogP contribution in [0.25, 0.3) is 0 Å². The van der Waals surface area contributed by atoms with E-state index in [0.29, 0.717) is 0 Å². The van der Waals surface area contributed by atoms with Gasteiger partial charge in [0.15, 0.2) is 18.5 Å². The van der Waals surface area contributed by atoms with E-state index in [1.54, 1.807) is 0 Å². The molecule has 10 heteroatoms. The van der Waals surface area contributed by atoms with Crippen LogP contribution in [0.15, 0.2) is 0 Å². The number of hydrogen-bond acceptors (Lipinski definition) is 9. The third-order valence-electron chi connectivity index (χ3n) is 2.24. The van der Waals surface area contributed by atoms with Crippen LogP contribution in [0.4, 0.5) is 0 Å². The summed E-state index contributed by atoms with van der Waals surface area (Å²) in [7, 11) is 0. The quantitative estimate of drug-likeness (QED) is 0.304. The molecule has 0 spiro atoms. The molecule has 0 aromatic rings. The van der Waals surface area contributed by atoms with E-state index in [1.807, 2.05) is 0 Å². The first-order valence-electron chi connectivity index (χ1n) is 5.98. The van der Waals surface area contributed by atoms with Crippen molar-refractivity contribution in [2.24, 2.45) is 0 Å². The molecule has 0 aliphatic carbocycles. The Hall–Kier alpha value is -2.49. The molecule has 0 aliphatic heterocycles. The second kappa shape index (κ2) is 8.72. The SMILES string of the molecule is CC(=O)O[C@@H]([C@H](OC(C)=O)[C@@H](O)C=O)[C@H](OC(C)=O)C(=O)O. The van der Waals surface area contributed by atoms with Crippen LogP contribution in [0.2, 0.25) is 0 Å². The van der Waals surface area contributed by atoms with Crippen molar-refractivity contribution in [3.05, 3.63) is 0 Å². The van der Waals surface area contributed by atoms with Crippen LogP contribution in [0.5, 0.6) is 0 Å². The molecular formula is C12H16O10. The number of aldehydes is 1. The van der Waals surface area contributed by atoms with E-state index in [-0.39, 0.29) is 6.29 Å². The lowest BCUT2D eigenvalue weighted by Gasteiger charge is -2.30. The molecule has 0 bridgehead atoms. The number of carbonyl (C=O) groups excluding carboxylic acids is 4. The maximum atomic E-state index is 11.2. The summed E-state index contributed by atoms with van der Waals surface area (Å²) in [5.41, 5.74) is 0. The number of carbonyl (C=O) groups is 5. The minimum absolute atomic E-state index is 0.0449. The van der Waals surface area contributed by atoms with Crippen molar-refractivity contribution in [2.45, 2.75) is 45.2 Å². The van der Waals surface area contributed by atoms with Crippen molar-refractivity contribution in [1.29, 1.82) is 0 Å². The highest BCUT2D eigenvalue weighted by atomic mass is 16.6. The summed E-state index contributed by atoms with van der Waals surface area (Å²) in [6.45, 7) is 2.74. The molecule has 0 aromatic heterocycles. The molecule has 0 fully saturated rings. The number of rotatable bonds is 8. The van der Waals surface area contributed by atoms with Crippen LogP contribution in [-0.2, 0) is 38.2 Å². The maximum Gasteiger partial charge on any atom is 0.349 e. The molecule has 124 valence electrons. The van der Waals surface area contributed by atoms with Crippen molar-refractivity contribution < 1.29 is 48.4 Å². The highest BCUT2D eigenvalue weighted by Crippen LogP contribution is 2.17. The fraction of sp³-hybridized carbons (Fsp3) is 0.583. The number of hydrogen-bond donors (Lipinski definition) is 2. The first-order valence-corrected chi connectivity index (χ1v) is 5.98. The zero-order valence-electron chi connectivity index (χ0n) is 12.0. The Morgan fingerprint density at radius 2 is 1.27 bits per heavy atom. The minimum atomic E-state index is -2.08. The molecule has 2 N–H and O–H groups in total. The monoisotopic (exact) mass is 320 g/mol. The molecule has 22 heavy (non-hydrogen) atoms. The molecule has 4 atom stereocenters. The van der Waals surface area contributed by atoms with Gasteiger partial charge < -0.3 is 29.2 Å². The predicted octanol–water partition coefficient (Wildman–Crippen LogP) is -1.57. The third kappa shape index (κ3) is 6.31. The first kappa shape index (κ1) is 19.5. The van der Waals surface area contributed by atoms with Crippen molar-refractivity contribution in [1.82, 2.24) is 0 Å². The van der Waals surface area contributed by atoms with E-state index < -0.39 is 48.3 Å². The van der Waals surface area contributed by atoms with E-state index in [2.05, 4.69) is 14.2 Å². The van der Waals surface area contributed by atoms with Gasteiger partial charge >= 0.3 is 23.9 Å². The summed E-state index contributed by atoms with van der Waals surface area (Å²) >= 11 is 0. The average Bonchev–Trinajstić information content (AvgIpc) is 2.38. The molecule has 0 aromatic carbocycles. The van der Waals surface area contributed by atoms with Crippen LogP contribution in [0.3, 0.4) is 0 Å². The van der Waals surface area contributed by atoms with Gasteiger partial charge in [0.1, 0.15) is 6.10 Å². The molecule has 0 unspecified atom stereocenters. The van der Waals surface area contributed by atoms with Gasteiger partial charge in [-0.25, -0.2) is 4.79 Å². The number of aliphatic hydroxyl groups is 1. The van der Waals surface area contributed by atoms with E-state index in [4.69, 9.17) is 5.11 Å². The van der Waals surface area contributed by atoms with Crippen LogP contribution in [0, 0.1) is 0 Å². The summed E-state index contributed by atoms with van der Waals surface area (Å²) in [6, 6.07) is 0. The Morgan fingerprint density at radius 1 is 0.864 bits per heavy atom. The van der Waals surface area contributed by atoms with Gasteiger partial charge in [-0.15, -0.1) is 0 Å². The lowest BCUT2D eigenvalue weighted by molar-refractivity contribution is -0.198. The topological polar surface area (TPSA) is 154 Å². The zero-order valence-corrected chi connectivity index (χ0v) is 12.0. The van der Waals surface area contributed by atoms with E-state index in [9.17, 15) is 29.1 Å². The van der Waals surface area contributed by atoms with Crippen molar-refractivity contribution in [3.8, 4) is 0 Å². The molecule has 10 nitrogen and oxygen atoms in total. The van der Waals surface area contributed by atoms with Crippen molar-refractivity contribution >= 4 is 30.2 Å². The van der Waals surface area contributed by atoms with E-state index in [0.717, 1.165) is 20.8 Å². The smallest absolute Gasteiger partial charge is 0.349 e. The number of aliphatic carboxylic acids is 1. The Balaban J connectivity index is 5.71. The van der Waals surface area contributed by atoms with Gasteiger partial charge in [0.2, 0.25) is 6.10 Å². The van der Waals surface area contributed by atoms with Crippen LogP contribution in [-0.4, -0.2) is 64.8 Å². The summed E-state index contributed by atoms with van der Waals surface area (Å²) < 4.78 is 13.8. The molecule has 0 aliphatic rings. The molecule has 0 saturated carbocycles. The Morgan fingerprint density at radius 3 is 1.59 bits per heavy atom. The van der Waals surface area contributed by atoms with Gasteiger partial charge in [0.05, 0.1) is 0 Å². The normalized spacial score (nSPS) is 15.6. The number of aliphatic hydroxyl groups excluding tert-OH is 1. The zero-order chi connectivity index (χ0) is 17.4. The average molecular weight is 320 g/mol. The molecule has 0 amide bonds. The Bertz CT molecular complexity index is 457. The Kier molecular flexibility index (Phi) is 7.73. The van der Waals surface area contributed by atoms with E-state index >= 15 is 0 Å². The maximum absolute atomic E-state index is 11.2. The van der Waals surface area contributed by atoms with Gasteiger partial charge in [0.25, 0.3) is 0 Å². The molecule has 0 radical (unpaired) electrons. The van der Waals surface area contributed by atoms with Crippen LogP contribution >= 0.6 is 0 Å². The van der Waals surface area contributed by atoms with Crippen molar-refractivity contribution in [3.63, 3.8) is 0 Å². The van der Waals surface area contributed by atoms with Crippen LogP contribution < -0.4 is 0 Å². The van der Waals surface area contributed by atoms with Gasteiger partial charge in [-0.1, -0.05) is 0 Å². The lowest BCUT2D eigenvalue weighted by atomic mass is 10.0. The predicted molar refractivity (Wildman–Crippen MR) is 66.4 cm³/mol. The standard InChI is InChI=1S/C12H16O10/c1-5(14)20-9(8(17)4-13)10(21-6(2)15)11(12(18)19)22-7(3)16/h4,8-11,17H,1-3H3,(H,18,19)/t8-,9+,10-,11-/m0/s1. The fourth-order valence-corrected chi connectivity index (χ4v) is 1.53.